The zero-order valence-electron chi connectivity index (χ0n) is 13.1. The Kier molecular flexibility index (Phi) is 4.76. The molecular weight excluding hydrogens is 266 g/mol. The number of carbonyl (C=O) groups excluding carboxylic acids is 1. The van der Waals surface area contributed by atoms with Crippen molar-refractivity contribution in [2.24, 2.45) is 5.92 Å². The van der Waals surface area contributed by atoms with Crippen LogP contribution in [-0.2, 0) is 11.2 Å². The Hall–Kier alpha value is -1.71. The molecule has 1 aliphatic rings. The van der Waals surface area contributed by atoms with Gasteiger partial charge in [-0.05, 0) is 63.6 Å². The molecule has 4 heteroatoms. The van der Waals surface area contributed by atoms with Crippen molar-refractivity contribution in [3.05, 3.63) is 29.8 Å². The van der Waals surface area contributed by atoms with Crippen LogP contribution < -0.4 is 0 Å². The van der Waals surface area contributed by atoms with Crippen LogP contribution in [-0.4, -0.2) is 34.8 Å². The first kappa shape index (κ1) is 15.7. The summed E-state index contributed by atoms with van der Waals surface area (Å²) in [5, 5.41) is 9.32. The number of hydrogen-bond acceptors (Lipinski definition) is 3. The Labute approximate surface area is 126 Å². The molecule has 0 bridgehead atoms. The molecule has 0 saturated carbocycles. The molecule has 1 unspecified atom stereocenters. The van der Waals surface area contributed by atoms with Gasteiger partial charge in [-0.15, -0.1) is 0 Å². The maximum absolute atomic E-state index is 12.1. The number of rotatable bonds is 2. The van der Waals surface area contributed by atoms with Crippen molar-refractivity contribution < 1.29 is 14.6 Å². The highest BCUT2D eigenvalue weighted by Gasteiger charge is 2.27. The second-order valence-electron chi connectivity index (χ2n) is 6.81. The molecule has 21 heavy (non-hydrogen) atoms. The number of likely N-dealkylation sites (tertiary alicyclic amines) is 1. The summed E-state index contributed by atoms with van der Waals surface area (Å²) in [6, 6.07) is 7.32. The average Bonchev–Trinajstić information content (AvgIpc) is 2.40. The van der Waals surface area contributed by atoms with Gasteiger partial charge in [-0.3, -0.25) is 0 Å². The molecule has 0 radical (unpaired) electrons. The number of benzene rings is 1. The predicted molar refractivity (Wildman–Crippen MR) is 82.3 cm³/mol. The van der Waals surface area contributed by atoms with Gasteiger partial charge in [-0.25, -0.2) is 4.79 Å². The quantitative estimate of drug-likeness (QED) is 0.906. The lowest BCUT2D eigenvalue weighted by Gasteiger charge is -2.34. The van der Waals surface area contributed by atoms with E-state index in [4.69, 9.17) is 4.74 Å². The summed E-state index contributed by atoms with van der Waals surface area (Å²) >= 11 is 0. The van der Waals surface area contributed by atoms with E-state index in [1.807, 2.05) is 37.8 Å². The summed E-state index contributed by atoms with van der Waals surface area (Å²) in [6.45, 7) is 7.20. The number of carbonyl (C=O) groups is 1. The summed E-state index contributed by atoms with van der Waals surface area (Å²) in [5.41, 5.74) is 0.755. The molecule has 1 aromatic carbocycles. The number of aromatic hydroxyl groups is 1. The zero-order chi connectivity index (χ0) is 15.5. The van der Waals surface area contributed by atoms with Gasteiger partial charge in [0.2, 0.25) is 0 Å². The van der Waals surface area contributed by atoms with E-state index in [1.165, 1.54) is 5.56 Å². The molecule has 0 spiro atoms. The summed E-state index contributed by atoms with van der Waals surface area (Å²) < 4.78 is 5.45. The summed E-state index contributed by atoms with van der Waals surface area (Å²) in [6.07, 6.45) is 2.86. The number of phenols is 1. The monoisotopic (exact) mass is 291 g/mol. The van der Waals surface area contributed by atoms with Gasteiger partial charge in [0.1, 0.15) is 11.4 Å². The van der Waals surface area contributed by atoms with Crippen LogP contribution in [0.1, 0.15) is 39.2 Å². The largest absolute Gasteiger partial charge is 0.508 e. The minimum absolute atomic E-state index is 0.210. The minimum Gasteiger partial charge on any atom is -0.508 e. The first-order chi connectivity index (χ1) is 9.83. The van der Waals surface area contributed by atoms with Crippen molar-refractivity contribution in [2.45, 2.75) is 45.6 Å². The number of ether oxygens (including phenoxy) is 1. The van der Waals surface area contributed by atoms with Crippen LogP contribution in [0, 0.1) is 5.92 Å². The van der Waals surface area contributed by atoms with Crippen LogP contribution in [0.4, 0.5) is 4.79 Å². The smallest absolute Gasteiger partial charge is 0.410 e. The van der Waals surface area contributed by atoms with Crippen molar-refractivity contribution in [3.63, 3.8) is 0 Å². The van der Waals surface area contributed by atoms with Crippen LogP contribution in [0.2, 0.25) is 0 Å². The minimum atomic E-state index is -0.443. The molecule has 1 atom stereocenters. The van der Waals surface area contributed by atoms with Crippen LogP contribution in [0.3, 0.4) is 0 Å². The molecule has 0 aromatic heterocycles. The fourth-order valence-corrected chi connectivity index (χ4v) is 2.69. The Morgan fingerprint density at radius 2 is 2.00 bits per heavy atom. The van der Waals surface area contributed by atoms with Crippen molar-refractivity contribution >= 4 is 6.09 Å². The molecule has 0 aliphatic carbocycles. The third-order valence-electron chi connectivity index (χ3n) is 3.63. The van der Waals surface area contributed by atoms with Gasteiger partial charge in [0.15, 0.2) is 0 Å². The standard InChI is InChI=1S/C17H25NO3/c1-17(2,3)21-16(20)18-10-4-5-14(12-18)11-13-6-8-15(19)9-7-13/h6-9,14,19H,4-5,10-12H2,1-3H3. The molecule has 1 N–H and O–H groups in total. The molecule has 4 nitrogen and oxygen atoms in total. The van der Waals surface area contributed by atoms with Crippen molar-refractivity contribution in [1.29, 1.82) is 0 Å². The third-order valence-corrected chi connectivity index (χ3v) is 3.63. The number of hydrogen-bond donors (Lipinski definition) is 1. The van der Waals surface area contributed by atoms with E-state index in [9.17, 15) is 9.90 Å². The van der Waals surface area contributed by atoms with E-state index in [0.717, 1.165) is 32.4 Å². The molecule has 1 amide bonds. The number of nitrogens with zero attached hydrogens (tertiary/aromatic N) is 1. The van der Waals surface area contributed by atoms with Gasteiger partial charge in [0.25, 0.3) is 0 Å². The van der Waals surface area contributed by atoms with Gasteiger partial charge in [-0.2, -0.15) is 0 Å². The summed E-state index contributed by atoms with van der Waals surface area (Å²) in [5.74, 6) is 0.744. The van der Waals surface area contributed by atoms with Gasteiger partial charge >= 0.3 is 6.09 Å². The summed E-state index contributed by atoms with van der Waals surface area (Å²) in [4.78, 5) is 13.9. The number of piperidine rings is 1. The maximum atomic E-state index is 12.1. The van der Waals surface area contributed by atoms with Crippen molar-refractivity contribution in [3.8, 4) is 5.75 Å². The van der Waals surface area contributed by atoms with E-state index in [0.29, 0.717) is 5.92 Å². The van der Waals surface area contributed by atoms with Gasteiger partial charge < -0.3 is 14.7 Å². The molecule has 1 heterocycles. The average molecular weight is 291 g/mol. The highest BCUT2D eigenvalue weighted by molar-refractivity contribution is 5.68. The molecule has 1 aromatic rings. The van der Waals surface area contributed by atoms with Gasteiger partial charge in [0, 0.05) is 13.1 Å². The number of amides is 1. The highest BCUT2D eigenvalue weighted by atomic mass is 16.6. The third kappa shape index (κ3) is 4.96. The molecule has 1 fully saturated rings. The van der Waals surface area contributed by atoms with Gasteiger partial charge in [-0.1, -0.05) is 12.1 Å². The Morgan fingerprint density at radius 3 is 2.62 bits per heavy atom. The Balaban J connectivity index is 1.91. The fraction of sp³-hybridized carbons (Fsp3) is 0.588. The lowest BCUT2D eigenvalue weighted by molar-refractivity contribution is 0.0166. The van der Waals surface area contributed by atoms with E-state index in [-0.39, 0.29) is 11.8 Å². The Morgan fingerprint density at radius 1 is 1.33 bits per heavy atom. The van der Waals surface area contributed by atoms with Crippen molar-refractivity contribution in [2.75, 3.05) is 13.1 Å². The van der Waals surface area contributed by atoms with Gasteiger partial charge in [0.05, 0.1) is 0 Å². The fourth-order valence-electron chi connectivity index (χ4n) is 2.69. The topological polar surface area (TPSA) is 49.8 Å². The molecule has 1 aliphatic heterocycles. The van der Waals surface area contributed by atoms with E-state index in [1.54, 1.807) is 12.1 Å². The van der Waals surface area contributed by atoms with Crippen LogP contribution in [0.15, 0.2) is 24.3 Å². The Bertz CT molecular complexity index is 476. The maximum Gasteiger partial charge on any atom is 0.410 e. The van der Waals surface area contributed by atoms with E-state index >= 15 is 0 Å². The summed E-state index contributed by atoms with van der Waals surface area (Å²) in [7, 11) is 0. The van der Waals surface area contributed by atoms with Crippen LogP contribution >= 0.6 is 0 Å². The zero-order valence-corrected chi connectivity index (χ0v) is 13.1. The molecule has 116 valence electrons. The molecular formula is C17H25NO3. The predicted octanol–water partition coefficient (Wildman–Crippen LogP) is 3.58. The van der Waals surface area contributed by atoms with Crippen LogP contribution in [0.5, 0.6) is 5.75 Å². The highest BCUT2D eigenvalue weighted by Crippen LogP contribution is 2.23. The molecule has 2 rings (SSSR count). The lowest BCUT2D eigenvalue weighted by atomic mass is 9.91. The SMILES string of the molecule is CC(C)(C)OC(=O)N1CCCC(Cc2ccc(O)cc2)C1. The normalized spacial score (nSPS) is 19.4. The molecule has 1 saturated heterocycles. The first-order valence-corrected chi connectivity index (χ1v) is 7.59. The van der Waals surface area contributed by atoms with Crippen LogP contribution in [0.25, 0.3) is 0 Å². The second-order valence-corrected chi connectivity index (χ2v) is 6.81. The first-order valence-electron chi connectivity index (χ1n) is 7.59. The van der Waals surface area contributed by atoms with E-state index in [2.05, 4.69) is 0 Å². The number of phenolic OH excluding ortho intramolecular Hbond substituents is 1. The van der Waals surface area contributed by atoms with Crippen molar-refractivity contribution in [1.82, 2.24) is 4.90 Å². The second kappa shape index (κ2) is 6.37. The van der Waals surface area contributed by atoms with E-state index < -0.39 is 5.60 Å². The lowest BCUT2D eigenvalue weighted by Crippen LogP contribution is -2.43.